The van der Waals surface area contributed by atoms with Crippen LogP contribution < -0.4 is 5.32 Å². The summed E-state index contributed by atoms with van der Waals surface area (Å²) in [5.41, 5.74) is 1.11. The number of likely N-dealkylation sites (N-methyl/N-ethyl adjacent to an activating group) is 1. The van der Waals surface area contributed by atoms with Gasteiger partial charge in [0.15, 0.2) is 0 Å². The first-order chi connectivity index (χ1) is 9.23. The second-order valence-corrected chi connectivity index (χ2v) is 5.39. The van der Waals surface area contributed by atoms with Gasteiger partial charge in [-0.1, -0.05) is 0 Å². The van der Waals surface area contributed by atoms with E-state index in [1.54, 1.807) is 32.0 Å². The van der Waals surface area contributed by atoms with Gasteiger partial charge in [0.1, 0.15) is 6.54 Å². The van der Waals surface area contributed by atoms with Crippen LogP contribution in [-0.4, -0.2) is 41.4 Å². The molecule has 0 aromatic heterocycles. The van der Waals surface area contributed by atoms with E-state index in [1.165, 1.54) is 7.05 Å². The zero-order valence-corrected chi connectivity index (χ0v) is 11.6. The minimum Gasteiger partial charge on any atom is -0.480 e. The van der Waals surface area contributed by atoms with E-state index < -0.39 is 11.4 Å². The molecule has 1 aromatic carbocycles. The molecule has 6 heteroatoms. The molecule has 2 rings (SSSR count). The van der Waals surface area contributed by atoms with Gasteiger partial charge in [0, 0.05) is 18.3 Å². The molecular formula is C14H16N2O4. The van der Waals surface area contributed by atoms with Gasteiger partial charge in [0.25, 0.3) is 5.91 Å². The predicted octanol–water partition coefficient (Wildman–Crippen LogP) is 1.07. The van der Waals surface area contributed by atoms with Crippen LogP contribution in [0.3, 0.4) is 0 Å². The number of anilines is 1. The fourth-order valence-electron chi connectivity index (χ4n) is 2.20. The molecule has 0 saturated heterocycles. The number of fused-ring (bicyclic) bond motifs is 1. The lowest BCUT2D eigenvalue weighted by molar-refractivity contribution is -0.137. The Kier molecular flexibility index (Phi) is 3.25. The van der Waals surface area contributed by atoms with Crippen molar-refractivity contribution in [2.75, 3.05) is 18.9 Å². The molecule has 1 aliphatic heterocycles. The van der Waals surface area contributed by atoms with Gasteiger partial charge in [-0.3, -0.25) is 14.4 Å². The third-order valence-electron chi connectivity index (χ3n) is 3.47. The van der Waals surface area contributed by atoms with Crippen molar-refractivity contribution < 1.29 is 19.5 Å². The van der Waals surface area contributed by atoms with Crippen molar-refractivity contribution in [3.63, 3.8) is 0 Å². The molecule has 0 spiro atoms. The average Bonchev–Trinajstić information content (AvgIpc) is 2.58. The number of hydrogen-bond acceptors (Lipinski definition) is 3. The van der Waals surface area contributed by atoms with E-state index >= 15 is 0 Å². The first-order valence-electron chi connectivity index (χ1n) is 6.16. The SMILES string of the molecule is CN(CC(=O)O)C(=O)c1ccc2c(c1)C(C)(C)C(=O)N2. The Balaban J connectivity index is 2.33. The van der Waals surface area contributed by atoms with Crippen LogP contribution in [-0.2, 0) is 15.0 Å². The fraction of sp³-hybridized carbons (Fsp3) is 0.357. The minimum atomic E-state index is -1.07. The van der Waals surface area contributed by atoms with E-state index in [9.17, 15) is 14.4 Å². The molecule has 0 bridgehead atoms. The molecule has 6 nitrogen and oxygen atoms in total. The van der Waals surface area contributed by atoms with Crippen LogP contribution in [0.5, 0.6) is 0 Å². The summed E-state index contributed by atoms with van der Waals surface area (Å²) in [5.74, 6) is -1.57. The molecule has 106 valence electrons. The van der Waals surface area contributed by atoms with Crippen LogP contribution in [0, 0.1) is 0 Å². The minimum absolute atomic E-state index is 0.115. The Labute approximate surface area is 116 Å². The Bertz CT molecular complexity index is 607. The molecule has 2 N–H and O–H groups in total. The van der Waals surface area contributed by atoms with Crippen molar-refractivity contribution in [3.05, 3.63) is 29.3 Å². The number of carbonyl (C=O) groups excluding carboxylic acids is 2. The summed E-state index contributed by atoms with van der Waals surface area (Å²) in [6.07, 6.45) is 0. The normalized spacial score (nSPS) is 15.4. The van der Waals surface area contributed by atoms with Crippen molar-refractivity contribution in [3.8, 4) is 0 Å². The van der Waals surface area contributed by atoms with Gasteiger partial charge in [-0.15, -0.1) is 0 Å². The number of nitrogens with zero attached hydrogens (tertiary/aromatic N) is 1. The second kappa shape index (κ2) is 4.63. The summed E-state index contributed by atoms with van der Waals surface area (Å²) < 4.78 is 0. The smallest absolute Gasteiger partial charge is 0.323 e. The first-order valence-corrected chi connectivity index (χ1v) is 6.16. The summed E-state index contributed by atoms with van der Waals surface area (Å²) in [7, 11) is 1.43. The maximum Gasteiger partial charge on any atom is 0.323 e. The van der Waals surface area contributed by atoms with Gasteiger partial charge < -0.3 is 15.3 Å². The molecule has 0 unspecified atom stereocenters. The van der Waals surface area contributed by atoms with Gasteiger partial charge in [-0.05, 0) is 37.6 Å². The van der Waals surface area contributed by atoms with Crippen LogP contribution in [0.4, 0.5) is 5.69 Å². The number of carbonyl (C=O) groups is 3. The summed E-state index contributed by atoms with van der Waals surface area (Å²) in [4.78, 5) is 35.7. The van der Waals surface area contributed by atoms with E-state index in [-0.39, 0.29) is 18.4 Å². The number of amides is 2. The standard InChI is InChI=1S/C14H16N2O4/c1-14(2)9-6-8(4-5-10(9)15-13(14)20)12(19)16(3)7-11(17)18/h4-6H,7H2,1-3H3,(H,15,20)(H,17,18). The molecule has 0 aliphatic carbocycles. The molecule has 2 amide bonds. The Morgan fingerprint density at radius 3 is 2.60 bits per heavy atom. The Hall–Kier alpha value is -2.37. The quantitative estimate of drug-likeness (QED) is 0.864. The van der Waals surface area contributed by atoms with E-state index in [4.69, 9.17) is 5.11 Å². The largest absolute Gasteiger partial charge is 0.480 e. The van der Waals surface area contributed by atoms with Crippen molar-refractivity contribution in [2.24, 2.45) is 0 Å². The van der Waals surface area contributed by atoms with E-state index in [1.807, 2.05) is 0 Å². The monoisotopic (exact) mass is 276 g/mol. The highest BCUT2D eigenvalue weighted by Gasteiger charge is 2.38. The molecule has 1 aliphatic rings. The Morgan fingerprint density at radius 1 is 1.35 bits per heavy atom. The summed E-state index contributed by atoms with van der Waals surface area (Å²) >= 11 is 0. The Morgan fingerprint density at radius 2 is 2.00 bits per heavy atom. The van der Waals surface area contributed by atoms with Gasteiger partial charge in [0.05, 0.1) is 5.41 Å². The number of benzene rings is 1. The van der Waals surface area contributed by atoms with Crippen LogP contribution in [0.1, 0.15) is 29.8 Å². The molecule has 0 fully saturated rings. The predicted molar refractivity (Wildman–Crippen MR) is 72.7 cm³/mol. The number of rotatable bonds is 3. The van der Waals surface area contributed by atoms with Gasteiger partial charge in [0.2, 0.25) is 5.91 Å². The summed E-state index contributed by atoms with van der Waals surface area (Å²) in [5, 5.41) is 11.5. The third-order valence-corrected chi connectivity index (χ3v) is 3.47. The lowest BCUT2D eigenvalue weighted by Crippen LogP contribution is -2.32. The van der Waals surface area contributed by atoms with Crippen molar-refractivity contribution >= 4 is 23.5 Å². The molecule has 0 atom stereocenters. The van der Waals surface area contributed by atoms with Crippen LogP contribution in [0.2, 0.25) is 0 Å². The third kappa shape index (κ3) is 2.24. The fourth-order valence-corrected chi connectivity index (χ4v) is 2.20. The van der Waals surface area contributed by atoms with E-state index in [0.717, 1.165) is 10.5 Å². The van der Waals surface area contributed by atoms with Gasteiger partial charge >= 0.3 is 5.97 Å². The zero-order valence-electron chi connectivity index (χ0n) is 11.6. The maximum atomic E-state index is 12.1. The highest BCUT2D eigenvalue weighted by Crippen LogP contribution is 2.37. The van der Waals surface area contributed by atoms with Crippen LogP contribution >= 0.6 is 0 Å². The zero-order chi connectivity index (χ0) is 15.1. The summed E-state index contributed by atoms with van der Waals surface area (Å²) in [6.45, 7) is 3.20. The van der Waals surface area contributed by atoms with Crippen LogP contribution in [0.15, 0.2) is 18.2 Å². The number of carboxylic acid groups (broad SMARTS) is 1. The topological polar surface area (TPSA) is 86.7 Å². The number of hydrogen-bond donors (Lipinski definition) is 2. The van der Waals surface area contributed by atoms with E-state index in [0.29, 0.717) is 11.3 Å². The second-order valence-electron chi connectivity index (χ2n) is 5.39. The first kappa shape index (κ1) is 14.0. The molecule has 0 saturated carbocycles. The number of nitrogens with one attached hydrogen (secondary N) is 1. The van der Waals surface area contributed by atoms with Gasteiger partial charge in [-0.25, -0.2) is 0 Å². The number of carboxylic acids is 1. The highest BCUT2D eigenvalue weighted by molar-refractivity contribution is 6.07. The van der Waals surface area contributed by atoms with Gasteiger partial charge in [-0.2, -0.15) is 0 Å². The van der Waals surface area contributed by atoms with E-state index in [2.05, 4.69) is 5.32 Å². The summed E-state index contributed by atoms with van der Waals surface area (Å²) in [6, 6.07) is 4.90. The molecule has 1 aromatic rings. The van der Waals surface area contributed by atoms with Crippen molar-refractivity contribution in [2.45, 2.75) is 19.3 Å². The highest BCUT2D eigenvalue weighted by atomic mass is 16.4. The number of aliphatic carboxylic acids is 1. The maximum absolute atomic E-state index is 12.1. The molecule has 20 heavy (non-hydrogen) atoms. The van der Waals surface area contributed by atoms with Crippen LogP contribution in [0.25, 0.3) is 0 Å². The lowest BCUT2D eigenvalue weighted by atomic mass is 9.85. The molecule has 0 radical (unpaired) electrons. The molecule has 1 heterocycles. The molecular weight excluding hydrogens is 260 g/mol. The average molecular weight is 276 g/mol. The van der Waals surface area contributed by atoms with Crippen molar-refractivity contribution in [1.29, 1.82) is 0 Å². The van der Waals surface area contributed by atoms with Crippen molar-refractivity contribution in [1.82, 2.24) is 4.90 Å². The lowest BCUT2D eigenvalue weighted by Gasteiger charge is -2.18.